The summed E-state index contributed by atoms with van der Waals surface area (Å²) in [5.74, 6) is 0.0788. The topological polar surface area (TPSA) is 33.2 Å². The summed E-state index contributed by atoms with van der Waals surface area (Å²) in [6.07, 6.45) is 0.942. The van der Waals surface area contributed by atoms with Gasteiger partial charge in [-0.2, -0.15) is 0 Å². The lowest BCUT2D eigenvalue weighted by Gasteiger charge is -2.26. The molecule has 24 heavy (non-hydrogen) atoms. The Kier molecular flexibility index (Phi) is 4.16. The van der Waals surface area contributed by atoms with Gasteiger partial charge in [0, 0.05) is 28.6 Å². The lowest BCUT2D eigenvalue weighted by molar-refractivity contribution is 0.0740. The maximum Gasteiger partial charge on any atom is 0.266 e. The highest BCUT2D eigenvalue weighted by molar-refractivity contribution is 7.17. The van der Waals surface area contributed by atoms with E-state index < -0.39 is 0 Å². The van der Waals surface area contributed by atoms with Gasteiger partial charge in [-0.1, -0.05) is 23.7 Å². The Morgan fingerprint density at radius 2 is 2.21 bits per heavy atom. The molecule has 3 nitrogen and oxygen atoms in total. The fourth-order valence-corrected chi connectivity index (χ4v) is 5.02. The van der Waals surface area contributed by atoms with Crippen molar-refractivity contribution in [2.24, 2.45) is 0 Å². The number of rotatable bonds is 2. The van der Waals surface area contributed by atoms with E-state index in [4.69, 9.17) is 11.6 Å². The molecule has 0 saturated heterocycles. The molecule has 0 radical (unpaired) electrons. The second-order valence-corrected chi connectivity index (χ2v) is 8.23. The first-order chi connectivity index (χ1) is 11.6. The molecular weight excluding hydrogens is 360 g/mol. The van der Waals surface area contributed by atoms with E-state index in [1.807, 2.05) is 36.1 Å². The minimum atomic E-state index is 0.0788. The van der Waals surface area contributed by atoms with E-state index >= 15 is 0 Å². The molecule has 0 fully saturated rings. The minimum absolute atomic E-state index is 0.0788. The van der Waals surface area contributed by atoms with Crippen molar-refractivity contribution in [3.05, 3.63) is 61.7 Å². The summed E-state index contributed by atoms with van der Waals surface area (Å²) in [6.45, 7) is 3.37. The number of hydrogen-bond donors (Lipinski definition) is 0. The smallest absolute Gasteiger partial charge is 0.266 e. The van der Waals surface area contributed by atoms with E-state index in [1.165, 1.54) is 21.8 Å². The van der Waals surface area contributed by atoms with E-state index in [0.29, 0.717) is 11.6 Å². The normalized spacial score (nSPS) is 13.8. The number of carbonyl (C=O) groups excluding carboxylic acids is 1. The Labute approximate surface area is 153 Å². The van der Waals surface area contributed by atoms with Crippen LogP contribution in [-0.4, -0.2) is 22.3 Å². The van der Waals surface area contributed by atoms with Crippen LogP contribution < -0.4 is 0 Å². The number of hydrogen-bond acceptors (Lipinski definition) is 4. The first-order valence-electron chi connectivity index (χ1n) is 7.69. The van der Waals surface area contributed by atoms with Crippen LogP contribution in [0.5, 0.6) is 0 Å². The summed E-state index contributed by atoms with van der Waals surface area (Å²) >= 11 is 9.29. The van der Waals surface area contributed by atoms with Crippen molar-refractivity contribution >= 4 is 40.2 Å². The molecular formula is C18H15ClN2OS2. The second kappa shape index (κ2) is 6.31. The SMILES string of the molecule is Cc1nc(-c2cccc(Cl)c2)sc1C(=O)N1CCc2sccc2C1. The largest absolute Gasteiger partial charge is 0.333 e. The predicted molar refractivity (Wildman–Crippen MR) is 100 cm³/mol. The summed E-state index contributed by atoms with van der Waals surface area (Å²) in [5, 5.41) is 3.62. The van der Waals surface area contributed by atoms with E-state index in [0.717, 1.165) is 34.1 Å². The van der Waals surface area contributed by atoms with Gasteiger partial charge in [-0.05, 0) is 42.5 Å². The lowest BCUT2D eigenvalue weighted by Crippen LogP contribution is -2.35. The Morgan fingerprint density at radius 3 is 3.04 bits per heavy atom. The third-order valence-electron chi connectivity index (χ3n) is 4.16. The van der Waals surface area contributed by atoms with Crippen molar-refractivity contribution in [2.75, 3.05) is 6.54 Å². The molecule has 1 aromatic carbocycles. The van der Waals surface area contributed by atoms with Gasteiger partial charge in [-0.15, -0.1) is 22.7 Å². The van der Waals surface area contributed by atoms with Crippen molar-refractivity contribution < 1.29 is 4.79 Å². The number of nitrogens with zero attached hydrogens (tertiary/aromatic N) is 2. The van der Waals surface area contributed by atoms with Gasteiger partial charge >= 0.3 is 0 Å². The van der Waals surface area contributed by atoms with Crippen LogP contribution in [0.25, 0.3) is 10.6 Å². The van der Waals surface area contributed by atoms with Crippen molar-refractivity contribution in [2.45, 2.75) is 19.9 Å². The molecule has 0 bridgehead atoms. The quantitative estimate of drug-likeness (QED) is 0.630. The Hall–Kier alpha value is -1.69. The van der Waals surface area contributed by atoms with Crippen LogP contribution >= 0.6 is 34.3 Å². The number of halogens is 1. The highest BCUT2D eigenvalue weighted by Crippen LogP contribution is 2.32. The molecule has 1 amide bonds. The molecule has 0 unspecified atom stereocenters. The molecule has 2 aromatic heterocycles. The summed E-state index contributed by atoms with van der Waals surface area (Å²) in [5.41, 5.74) is 3.02. The first kappa shape index (κ1) is 15.8. The zero-order chi connectivity index (χ0) is 16.7. The van der Waals surface area contributed by atoms with E-state index in [1.54, 1.807) is 11.3 Å². The molecule has 0 saturated carbocycles. The third kappa shape index (κ3) is 2.88. The fraction of sp³-hybridized carbons (Fsp3) is 0.222. The standard InChI is InChI=1S/C18H15ClN2OS2/c1-11-16(24-17(20-11)12-3-2-4-14(19)9-12)18(22)21-7-5-15-13(10-21)6-8-23-15/h2-4,6,8-9H,5,7,10H2,1H3. The average molecular weight is 375 g/mol. The van der Waals surface area contributed by atoms with Crippen LogP contribution in [-0.2, 0) is 13.0 Å². The molecule has 6 heteroatoms. The molecule has 0 N–H and O–H groups in total. The number of thiazole rings is 1. The van der Waals surface area contributed by atoms with Gasteiger partial charge < -0.3 is 4.90 Å². The maximum absolute atomic E-state index is 12.9. The van der Waals surface area contributed by atoms with Crippen LogP contribution in [0.3, 0.4) is 0 Å². The van der Waals surface area contributed by atoms with Crippen LogP contribution in [0, 0.1) is 6.92 Å². The zero-order valence-corrected chi connectivity index (χ0v) is 15.5. The van der Waals surface area contributed by atoms with Crippen LogP contribution in [0.2, 0.25) is 5.02 Å². The molecule has 4 rings (SSSR count). The number of fused-ring (bicyclic) bond motifs is 1. The van der Waals surface area contributed by atoms with Crippen molar-refractivity contribution in [1.82, 2.24) is 9.88 Å². The molecule has 0 spiro atoms. The van der Waals surface area contributed by atoms with Gasteiger partial charge in [0.25, 0.3) is 5.91 Å². The average Bonchev–Trinajstić information content (AvgIpc) is 3.20. The zero-order valence-electron chi connectivity index (χ0n) is 13.1. The second-order valence-electron chi connectivity index (χ2n) is 5.79. The number of carbonyl (C=O) groups is 1. The maximum atomic E-state index is 12.9. The number of aryl methyl sites for hydroxylation is 1. The van der Waals surface area contributed by atoms with Gasteiger partial charge in [0.1, 0.15) is 9.88 Å². The Morgan fingerprint density at radius 1 is 1.33 bits per heavy atom. The van der Waals surface area contributed by atoms with Crippen molar-refractivity contribution in [1.29, 1.82) is 0 Å². The summed E-state index contributed by atoms with van der Waals surface area (Å²) in [4.78, 5) is 21.6. The molecule has 0 aliphatic carbocycles. The molecule has 3 aromatic rings. The van der Waals surface area contributed by atoms with Crippen LogP contribution in [0.15, 0.2) is 35.7 Å². The van der Waals surface area contributed by atoms with Crippen molar-refractivity contribution in [3.63, 3.8) is 0 Å². The number of amides is 1. The molecule has 3 heterocycles. The van der Waals surface area contributed by atoms with Gasteiger partial charge in [0.05, 0.1) is 5.69 Å². The Balaban J connectivity index is 1.62. The van der Waals surface area contributed by atoms with E-state index in [9.17, 15) is 4.79 Å². The van der Waals surface area contributed by atoms with Gasteiger partial charge in [0.15, 0.2) is 0 Å². The van der Waals surface area contributed by atoms with E-state index in [2.05, 4.69) is 16.4 Å². The number of aromatic nitrogens is 1. The van der Waals surface area contributed by atoms with Gasteiger partial charge in [0.2, 0.25) is 0 Å². The summed E-state index contributed by atoms with van der Waals surface area (Å²) < 4.78 is 0. The molecule has 1 aliphatic heterocycles. The highest BCUT2D eigenvalue weighted by atomic mass is 35.5. The Bertz CT molecular complexity index is 915. The monoisotopic (exact) mass is 374 g/mol. The fourth-order valence-electron chi connectivity index (χ4n) is 2.91. The molecule has 0 atom stereocenters. The lowest BCUT2D eigenvalue weighted by atomic mass is 10.1. The van der Waals surface area contributed by atoms with E-state index in [-0.39, 0.29) is 5.91 Å². The predicted octanol–water partition coefficient (Wildman–Crippen LogP) is 5.03. The van der Waals surface area contributed by atoms with Crippen LogP contribution in [0.1, 0.15) is 25.8 Å². The molecule has 122 valence electrons. The van der Waals surface area contributed by atoms with Crippen molar-refractivity contribution in [3.8, 4) is 10.6 Å². The number of benzene rings is 1. The van der Waals surface area contributed by atoms with Gasteiger partial charge in [-0.25, -0.2) is 4.98 Å². The third-order valence-corrected chi connectivity index (χ3v) is 6.61. The molecule has 1 aliphatic rings. The number of thiophene rings is 1. The van der Waals surface area contributed by atoms with Crippen LogP contribution in [0.4, 0.5) is 0 Å². The summed E-state index contributed by atoms with van der Waals surface area (Å²) in [6, 6.07) is 9.71. The summed E-state index contributed by atoms with van der Waals surface area (Å²) in [7, 11) is 0. The first-order valence-corrected chi connectivity index (χ1v) is 9.77. The highest BCUT2D eigenvalue weighted by Gasteiger charge is 2.26. The van der Waals surface area contributed by atoms with Gasteiger partial charge in [-0.3, -0.25) is 4.79 Å². The minimum Gasteiger partial charge on any atom is -0.333 e.